The third-order valence-electron chi connectivity index (χ3n) is 4.69. The summed E-state index contributed by atoms with van der Waals surface area (Å²) >= 11 is 6.06. The van der Waals surface area contributed by atoms with Crippen molar-refractivity contribution in [2.75, 3.05) is 16.2 Å². The van der Waals surface area contributed by atoms with E-state index in [4.69, 9.17) is 11.6 Å². The summed E-state index contributed by atoms with van der Waals surface area (Å²) in [5.74, 6) is -0.811. The van der Waals surface area contributed by atoms with Gasteiger partial charge in [-0.05, 0) is 55.0 Å². The summed E-state index contributed by atoms with van der Waals surface area (Å²) in [6, 6.07) is 21.0. The Kier molecular flexibility index (Phi) is 8.04. The molecule has 0 unspecified atom stereocenters. The normalized spacial score (nSPS) is 11.6. The predicted octanol–water partition coefficient (Wildman–Crippen LogP) is 4.03. The lowest BCUT2D eigenvalue weighted by Gasteiger charge is -2.23. The summed E-state index contributed by atoms with van der Waals surface area (Å²) in [5.41, 5.74) is 4.52. The first-order chi connectivity index (χ1) is 16.2. The van der Waals surface area contributed by atoms with E-state index in [9.17, 15) is 18.0 Å². The van der Waals surface area contributed by atoms with Crippen LogP contribution in [0.3, 0.4) is 0 Å². The van der Waals surface area contributed by atoms with E-state index >= 15 is 0 Å². The highest BCUT2D eigenvalue weighted by Crippen LogP contribution is 2.26. The van der Waals surface area contributed by atoms with E-state index in [2.05, 4.69) is 15.8 Å². The molecule has 0 saturated heterocycles. The first kappa shape index (κ1) is 24.9. The Morgan fingerprint density at radius 3 is 2.24 bits per heavy atom. The predicted molar refractivity (Wildman–Crippen MR) is 134 cm³/mol. The van der Waals surface area contributed by atoms with Crippen LogP contribution in [-0.4, -0.2) is 32.5 Å². The van der Waals surface area contributed by atoms with Crippen LogP contribution in [0, 0.1) is 0 Å². The summed E-state index contributed by atoms with van der Waals surface area (Å²) in [7, 11) is -4.04. The van der Waals surface area contributed by atoms with Crippen molar-refractivity contribution in [1.29, 1.82) is 0 Å². The van der Waals surface area contributed by atoms with Crippen molar-refractivity contribution in [2.45, 2.75) is 18.7 Å². The fourth-order valence-electron chi connectivity index (χ4n) is 3.04. The second-order valence-electron chi connectivity index (χ2n) is 7.30. The van der Waals surface area contributed by atoms with E-state index in [0.717, 1.165) is 9.87 Å². The average molecular weight is 499 g/mol. The molecule has 0 atom stereocenters. The lowest BCUT2D eigenvalue weighted by atomic mass is 10.1. The molecule has 3 rings (SSSR count). The smallest absolute Gasteiger partial charge is 0.264 e. The second-order valence-corrected chi connectivity index (χ2v) is 9.59. The summed E-state index contributed by atoms with van der Waals surface area (Å²) in [6.07, 6.45) is 0. The Balaban J connectivity index is 1.80. The van der Waals surface area contributed by atoms with Crippen LogP contribution in [0.15, 0.2) is 88.9 Å². The van der Waals surface area contributed by atoms with Crippen molar-refractivity contribution in [3.8, 4) is 0 Å². The van der Waals surface area contributed by atoms with Crippen LogP contribution >= 0.6 is 11.6 Å². The molecule has 0 heterocycles. The molecule has 0 bridgehead atoms. The molecule has 0 aliphatic rings. The van der Waals surface area contributed by atoms with Gasteiger partial charge in [-0.2, -0.15) is 5.10 Å². The molecule has 0 aromatic heterocycles. The van der Waals surface area contributed by atoms with Gasteiger partial charge in [-0.25, -0.2) is 13.8 Å². The average Bonchev–Trinajstić information content (AvgIpc) is 2.81. The first-order valence-electron chi connectivity index (χ1n) is 10.2. The zero-order valence-electron chi connectivity index (χ0n) is 18.5. The first-order valence-corrected chi connectivity index (χ1v) is 12.0. The standard InChI is InChI=1S/C24H23ClN4O4S/c1-17(19-11-13-21(14-12-19)26-18(2)30)27-28-24(31)16-29(22-8-6-7-20(25)15-22)34(32,33)23-9-4-3-5-10-23/h3-15H,16H2,1-2H3,(H,26,30)(H,28,31)/b27-17-. The number of carbonyl (C=O) groups excluding carboxylic acids is 2. The number of nitrogens with one attached hydrogen (secondary N) is 2. The number of carbonyl (C=O) groups is 2. The number of halogens is 1. The van der Waals surface area contributed by atoms with Gasteiger partial charge in [-0.3, -0.25) is 13.9 Å². The largest absolute Gasteiger partial charge is 0.326 e. The zero-order valence-corrected chi connectivity index (χ0v) is 20.1. The Morgan fingerprint density at radius 2 is 1.62 bits per heavy atom. The molecule has 34 heavy (non-hydrogen) atoms. The van der Waals surface area contributed by atoms with Gasteiger partial charge in [-0.1, -0.05) is 48.0 Å². The zero-order chi connectivity index (χ0) is 24.7. The van der Waals surface area contributed by atoms with Crippen molar-refractivity contribution >= 4 is 50.5 Å². The second kappa shape index (κ2) is 11.0. The van der Waals surface area contributed by atoms with Crippen LogP contribution in [-0.2, 0) is 19.6 Å². The minimum absolute atomic E-state index is 0.0433. The van der Waals surface area contributed by atoms with Crippen molar-refractivity contribution in [2.24, 2.45) is 5.10 Å². The van der Waals surface area contributed by atoms with Crippen molar-refractivity contribution < 1.29 is 18.0 Å². The Morgan fingerprint density at radius 1 is 0.941 bits per heavy atom. The summed E-state index contributed by atoms with van der Waals surface area (Å²) in [5, 5.41) is 7.09. The van der Waals surface area contributed by atoms with Gasteiger partial charge in [0.1, 0.15) is 6.54 Å². The number of amides is 2. The van der Waals surface area contributed by atoms with Gasteiger partial charge in [0.05, 0.1) is 16.3 Å². The number of anilines is 2. The minimum Gasteiger partial charge on any atom is -0.326 e. The number of sulfonamides is 1. The molecule has 10 heteroatoms. The number of benzene rings is 3. The molecule has 0 spiro atoms. The Labute approximate surface area is 203 Å². The van der Waals surface area contributed by atoms with E-state index in [1.807, 2.05) is 0 Å². The molecule has 176 valence electrons. The minimum atomic E-state index is -4.04. The van der Waals surface area contributed by atoms with Gasteiger partial charge in [0.15, 0.2) is 0 Å². The van der Waals surface area contributed by atoms with Crippen molar-refractivity contribution in [3.05, 3.63) is 89.4 Å². The topological polar surface area (TPSA) is 108 Å². The molecular formula is C24H23ClN4O4S. The molecule has 3 aromatic carbocycles. The van der Waals surface area contributed by atoms with E-state index in [1.165, 1.54) is 25.1 Å². The maximum Gasteiger partial charge on any atom is 0.264 e. The molecular weight excluding hydrogens is 476 g/mol. The number of hydrogen-bond acceptors (Lipinski definition) is 5. The maximum absolute atomic E-state index is 13.3. The molecule has 0 aliphatic heterocycles. The van der Waals surface area contributed by atoms with Crippen molar-refractivity contribution in [1.82, 2.24) is 5.43 Å². The number of hydrogen-bond donors (Lipinski definition) is 2. The lowest BCUT2D eigenvalue weighted by Crippen LogP contribution is -2.39. The molecule has 2 N–H and O–H groups in total. The molecule has 0 saturated carbocycles. The van der Waals surface area contributed by atoms with Crippen LogP contribution in [0.5, 0.6) is 0 Å². The van der Waals surface area contributed by atoms with Gasteiger partial charge in [0, 0.05) is 17.6 Å². The Hall–Kier alpha value is -3.69. The number of hydrazone groups is 1. The molecule has 0 fully saturated rings. The van der Waals surface area contributed by atoms with E-state index in [0.29, 0.717) is 16.4 Å². The summed E-state index contributed by atoms with van der Waals surface area (Å²) in [6.45, 7) is 2.61. The highest BCUT2D eigenvalue weighted by molar-refractivity contribution is 7.92. The van der Waals surface area contributed by atoms with Gasteiger partial charge in [0.25, 0.3) is 15.9 Å². The van der Waals surface area contributed by atoms with Crippen LogP contribution in [0.25, 0.3) is 0 Å². The number of rotatable bonds is 8. The van der Waals surface area contributed by atoms with Gasteiger partial charge >= 0.3 is 0 Å². The van der Waals surface area contributed by atoms with Crippen molar-refractivity contribution in [3.63, 3.8) is 0 Å². The molecule has 2 amide bonds. The molecule has 0 aliphatic carbocycles. The SMILES string of the molecule is CC(=O)Nc1ccc(/C(C)=N\NC(=O)CN(c2cccc(Cl)c2)S(=O)(=O)c2ccccc2)cc1. The molecule has 0 radical (unpaired) electrons. The third kappa shape index (κ3) is 6.43. The highest BCUT2D eigenvalue weighted by atomic mass is 35.5. The summed E-state index contributed by atoms with van der Waals surface area (Å²) in [4.78, 5) is 23.9. The van der Waals surface area contributed by atoms with Gasteiger partial charge < -0.3 is 5.32 Å². The number of nitrogens with zero attached hydrogens (tertiary/aromatic N) is 2. The maximum atomic E-state index is 13.3. The van der Waals surface area contributed by atoms with Crippen LogP contribution in [0.4, 0.5) is 11.4 Å². The van der Waals surface area contributed by atoms with Crippen LogP contribution in [0.2, 0.25) is 5.02 Å². The summed E-state index contributed by atoms with van der Waals surface area (Å²) < 4.78 is 27.6. The quantitative estimate of drug-likeness (QED) is 0.361. The third-order valence-corrected chi connectivity index (χ3v) is 6.71. The van der Waals surface area contributed by atoms with Crippen LogP contribution < -0.4 is 15.0 Å². The fraction of sp³-hybridized carbons (Fsp3) is 0.125. The lowest BCUT2D eigenvalue weighted by molar-refractivity contribution is -0.119. The Bertz CT molecular complexity index is 1310. The van der Waals surface area contributed by atoms with E-state index in [-0.39, 0.29) is 16.5 Å². The molecule has 3 aromatic rings. The monoisotopic (exact) mass is 498 g/mol. The van der Waals surface area contributed by atoms with Gasteiger partial charge in [0.2, 0.25) is 5.91 Å². The highest BCUT2D eigenvalue weighted by Gasteiger charge is 2.27. The van der Waals surface area contributed by atoms with E-state index < -0.39 is 22.5 Å². The van der Waals surface area contributed by atoms with E-state index in [1.54, 1.807) is 67.6 Å². The fourth-order valence-corrected chi connectivity index (χ4v) is 4.66. The molecule has 8 nitrogen and oxygen atoms in total. The van der Waals surface area contributed by atoms with Crippen LogP contribution in [0.1, 0.15) is 19.4 Å². The van der Waals surface area contributed by atoms with Gasteiger partial charge in [-0.15, -0.1) is 0 Å².